The lowest BCUT2D eigenvalue weighted by molar-refractivity contribution is 0.0962. The van der Waals surface area contributed by atoms with E-state index in [1.807, 2.05) is 6.07 Å². The van der Waals surface area contributed by atoms with Crippen molar-refractivity contribution >= 4 is 23.2 Å². The van der Waals surface area contributed by atoms with Crippen LogP contribution in [0.1, 0.15) is 16.8 Å². The standard InChI is InChI=1S/C18H20ClN3O2/c19-15-3-1-14(2-4-15)17(24)7-8-21-9-11-22(12-10-21)18-6-5-16(23)13-20-18/h1-6,13,23H,7-12H2. The lowest BCUT2D eigenvalue weighted by Gasteiger charge is -2.35. The summed E-state index contributed by atoms with van der Waals surface area (Å²) in [6.45, 7) is 4.30. The van der Waals surface area contributed by atoms with Gasteiger partial charge in [-0.1, -0.05) is 11.6 Å². The number of carbonyl (C=O) groups excluding carboxylic acids is 1. The van der Waals surface area contributed by atoms with Crippen LogP contribution in [0.2, 0.25) is 5.02 Å². The Kier molecular flexibility index (Phi) is 5.33. The molecule has 0 aliphatic carbocycles. The zero-order valence-corrected chi connectivity index (χ0v) is 14.1. The number of hydrogen-bond acceptors (Lipinski definition) is 5. The summed E-state index contributed by atoms with van der Waals surface area (Å²) >= 11 is 5.84. The highest BCUT2D eigenvalue weighted by Gasteiger charge is 2.18. The van der Waals surface area contributed by atoms with Crippen LogP contribution in [-0.4, -0.2) is 53.5 Å². The van der Waals surface area contributed by atoms with Crippen molar-refractivity contribution in [2.45, 2.75) is 6.42 Å². The molecule has 0 radical (unpaired) electrons. The third-order valence-corrected chi connectivity index (χ3v) is 4.50. The van der Waals surface area contributed by atoms with Crippen molar-refractivity contribution in [3.63, 3.8) is 0 Å². The van der Waals surface area contributed by atoms with E-state index in [1.54, 1.807) is 30.3 Å². The first-order valence-corrected chi connectivity index (χ1v) is 8.41. The maximum atomic E-state index is 12.2. The van der Waals surface area contributed by atoms with E-state index < -0.39 is 0 Å². The number of ketones is 1. The van der Waals surface area contributed by atoms with Gasteiger partial charge in [-0.15, -0.1) is 0 Å². The predicted octanol–water partition coefficient (Wildman–Crippen LogP) is 2.84. The van der Waals surface area contributed by atoms with E-state index in [0.29, 0.717) is 17.0 Å². The molecular weight excluding hydrogens is 326 g/mol. The molecule has 5 nitrogen and oxygen atoms in total. The van der Waals surface area contributed by atoms with Crippen LogP contribution in [0.25, 0.3) is 0 Å². The highest BCUT2D eigenvalue weighted by atomic mass is 35.5. The molecule has 1 aliphatic rings. The van der Waals surface area contributed by atoms with Crippen molar-refractivity contribution in [2.24, 2.45) is 0 Å². The Morgan fingerprint density at radius 3 is 2.42 bits per heavy atom. The number of halogens is 1. The summed E-state index contributed by atoms with van der Waals surface area (Å²) in [5, 5.41) is 9.94. The number of rotatable bonds is 5. The quantitative estimate of drug-likeness (QED) is 0.844. The smallest absolute Gasteiger partial charge is 0.164 e. The Hall–Kier alpha value is -2.11. The topological polar surface area (TPSA) is 56.7 Å². The van der Waals surface area contributed by atoms with E-state index in [-0.39, 0.29) is 11.5 Å². The second-order valence-electron chi connectivity index (χ2n) is 5.88. The maximum absolute atomic E-state index is 12.2. The number of aromatic nitrogens is 1. The second-order valence-corrected chi connectivity index (χ2v) is 6.32. The van der Waals surface area contributed by atoms with Crippen LogP contribution in [-0.2, 0) is 0 Å². The molecule has 24 heavy (non-hydrogen) atoms. The molecule has 0 saturated carbocycles. The van der Waals surface area contributed by atoms with Crippen LogP contribution in [0.5, 0.6) is 5.75 Å². The average Bonchev–Trinajstić information content (AvgIpc) is 2.61. The third kappa shape index (κ3) is 4.24. The van der Waals surface area contributed by atoms with Crippen LogP contribution in [0.3, 0.4) is 0 Å². The van der Waals surface area contributed by atoms with Gasteiger partial charge in [0.25, 0.3) is 0 Å². The number of pyridine rings is 1. The maximum Gasteiger partial charge on any atom is 0.164 e. The lowest BCUT2D eigenvalue weighted by atomic mass is 10.1. The van der Waals surface area contributed by atoms with Crippen molar-refractivity contribution in [3.8, 4) is 5.75 Å². The molecule has 1 aliphatic heterocycles. The van der Waals surface area contributed by atoms with Gasteiger partial charge in [-0.25, -0.2) is 4.98 Å². The Labute approximate surface area is 146 Å². The molecule has 126 valence electrons. The van der Waals surface area contributed by atoms with Gasteiger partial charge >= 0.3 is 0 Å². The molecule has 1 saturated heterocycles. The fourth-order valence-electron chi connectivity index (χ4n) is 2.81. The molecule has 0 bridgehead atoms. The summed E-state index contributed by atoms with van der Waals surface area (Å²) in [6.07, 6.45) is 1.98. The highest BCUT2D eigenvalue weighted by molar-refractivity contribution is 6.30. The van der Waals surface area contributed by atoms with Crippen LogP contribution < -0.4 is 4.90 Å². The molecule has 3 rings (SSSR count). The van der Waals surface area contributed by atoms with Gasteiger partial charge in [-0.05, 0) is 36.4 Å². The number of anilines is 1. The zero-order chi connectivity index (χ0) is 16.9. The number of nitrogens with zero attached hydrogens (tertiary/aromatic N) is 3. The first kappa shape index (κ1) is 16.7. The van der Waals surface area contributed by atoms with Crippen LogP contribution in [0.15, 0.2) is 42.6 Å². The van der Waals surface area contributed by atoms with Crippen molar-refractivity contribution in [1.82, 2.24) is 9.88 Å². The molecule has 1 N–H and O–H groups in total. The largest absolute Gasteiger partial charge is 0.506 e. The van der Waals surface area contributed by atoms with Crippen LogP contribution >= 0.6 is 11.6 Å². The van der Waals surface area contributed by atoms with Crippen molar-refractivity contribution in [3.05, 3.63) is 53.2 Å². The summed E-state index contributed by atoms with van der Waals surface area (Å²) in [4.78, 5) is 20.9. The van der Waals surface area contributed by atoms with Crippen molar-refractivity contribution < 1.29 is 9.90 Å². The Bertz CT molecular complexity index is 680. The van der Waals surface area contributed by atoms with E-state index in [1.165, 1.54) is 6.20 Å². The second kappa shape index (κ2) is 7.64. The number of hydrogen-bond donors (Lipinski definition) is 1. The summed E-state index contributed by atoms with van der Waals surface area (Å²) in [5.74, 6) is 1.21. The summed E-state index contributed by atoms with van der Waals surface area (Å²) < 4.78 is 0. The van der Waals surface area contributed by atoms with E-state index in [0.717, 1.165) is 38.5 Å². The number of aromatic hydroxyl groups is 1. The molecule has 1 fully saturated rings. The number of carbonyl (C=O) groups is 1. The molecule has 6 heteroatoms. The Morgan fingerprint density at radius 1 is 1.08 bits per heavy atom. The van der Waals surface area contributed by atoms with Gasteiger partial charge in [0.2, 0.25) is 0 Å². The summed E-state index contributed by atoms with van der Waals surface area (Å²) in [5.41, 5.74) is 0.714. The summed E-state index contributed by atoms with van der Waals surface area (Å²) in [7, 11) is 0. The van der Waals surface area contributed by atoms with E-state index in [9.17, 15) is 9.90 Å². The first-order chi connectivity index (χ1) is 11.6. The molecule has 1 aromatic carbocycles. The van der Waals surface area contributed by atoms with E-state index in [4.69, 9.17) is 11.6 Å². The van der Waals surface area contributed by atoms with Gasteiger partial charge in [0.15, 0.2) is 5.78 Å². The molecule has 0 unspecified atom stereocenters. The minimum Gasteiger partial charge on any atom is -0.506 e. The fourth-order valence-corrected chi connectivity index (χ4v) is 2.93. The molecule has 0 amide bonds. The molecule has 1 aromatic heterocycles. The van der Waals surface area contributed by atoms with Crippen molar-refractivity contribution in [1.29, 1.82) is 0 Å². The number of Topliss-reactive ketones (excluding diaryl/α,β-unsaturated/α-hetero) is 1. The minimum atomic E-state index is 0.147. The Morgan fingerprint density at radius 2 is 1.79 bits per heavy atom. The average molecular weight is 346 g/mol. The first-order valence-electron chi connectivity index (χ1n) is 8.03. The molecule has 2 heterocycles. The fraction of sp³-hybridized carbons (Fsp3) is 0.333. The molecule has 2 aromatic rings. The van der Waals surface area contributed by atoms with E-state index >= 15 is 0 Å². The van der Waals surface area contributed by atoms with Gasteiger partial charge in [0.05, 0.1) is 6.20 Å². The normalized spacial score (nSPS) is 15.5. The lowest BCUT2D eigenvalue weighted by Crippen LogP contribution is -2.47. The van der Waals surface area contributed by atoms with Crippen molar-refractivity contribution in [2.75, 3.05) is 37.6 Å². The number of benzene rings is 1. The van der Waals surface area contributed by atoms with Gasteiger partial charge in [-0.3, -0.25) is 9.69 Å². The Balaban J connectivity index is 1.46. The van der Waals surface area contributed by atoms with Crippen LogP contribution in [0, 0.1) is 0 Å². The zero-order valence-electron chi connectivity index (χ0n) is 13.4. The van der Waals surface area contributed by atoms with Gasteiger partial charge < -0.3 is 10.0 Å². The van der Waals surface area contributed by atoms with Gasteiger partial charge in [-0.2, -0.15) is 0 Å². The molecular formula is C18H20ClN3O2. The third-order valence-electron chi connectivity index (χ3n) is 4.25. The highest BCUT2D eigenvalue weighted by Crippen LogP contribution is 2.17. The van der Waals surface area contributed by atoms with Gasteiger partial charge in [0, 0.05) is 49.7 Å². The molecule has 0 spiro atoms. The van der Waals surface area contributed by atoms with E-state index in [2.05, 4.69) is 14.8 Å². The summed E-state index contributed by atoms with van der Waals surface area (Å²) in [6, 6.07) is 10.5. The predicted molar refractivity (Wildman–Crippen MR) is 95.0 cm³/mol. The minimum absolute atomic E-state index is 0.147. The van der Waals surface area contributed by atoms with Gasteiger partial charge in [0.1, 0.15) is 11.6 Å². The number of piperazine rings is 1. The SMILES string of the molecule is O=C(CCN1CCN(c2ccc(O)cn2)CC1)c1ccc(Cl)cc1. The molecule has 0 atom stereocenters. The monoisotopic (exact) mass is 345 g/mol. The van der Waals surface area contributed by atoms with Crippen LogP contribution in [0.4, 0.5) is 5.82 Å².